The number of hydrogen-bond donors (Lipinski definition) is 0. The highest BCUT2D eigenvalue weighted by Crippen LogP contribution is 2.37. The number of hydrogen-bond acceptors (Lipinski definition) is 1. The van der Waals surface area contributed by atoms with Gasteiger partial charge in [-0.15, -0.1) is 0 Å². The Hall–Kier alpha value is -5.11. The van der Waals surface area contributed by atoms with E-state index in [9.17, 15) is 5.26 Å². The molecule has 0 aliphatic heterocycles. The van der Waals surface area contributed by atoms with Gasteiger partial charge in [-0.25, -0.2) is 4.85 Å². The molecule has 0 heterocycles. The normalized spacial score (nSPS) is 11.5. The van der Waals surface area contributed by atoms with E-state index in [0.717, 1.165) is 22.3 Å². The van der Waals surface area contributed by atoms with Gasteiger partial charge >= 0.3 is 0 Å². The van der Waals surface area contributed by atoms with E-state index in [0.29, 0.717) is 11.3 Å². The van der Waals surface area contributed by atoms with Gasteiger partial charge in [-0.05, 0) is 68.7 Å². The minimum Gasteiger partial charge on any atom is -0.238 e. The zero-order valence-corrected chi connectivity index (χ0v) is 28.0. The lowest BCUT2D eigenvalue weighted by Crippen LogP contribution is -2.39. The largest absolute Gasteiger partial charge is 0.238 e. The van der Waals surface area contributed by atoms with E-state index >= 15 is 0 Å². The monoisotopic (exact) mass is 596 g/mol. The van der Waals surface area contributed by atoms with Crippen molar-refractivity contribution in [1.82, 2.24) is 0 Å². The van der Waals surface area contributed by atoms with E-state index < -0.39 is 16.1 Å². The minimum atomic E-state index is -1.75. The molecule has 0 aliphatic rings. The minimum absolute atomic E-state index is 0.621. The Morgan fingerprint density at radius 3 is 1.30 bits per heavy atom. The van der Waals surface area contributed by atoms with Gasteiger partial charge in [-0.2, -0.15) is 5.26 Å². The van der Waals surface area contributed by atoms with E-state index in [-0.39, 0.29) is 0 Å². The molecule has 210 valence electrons. The summed E-state index contributed by atoms with van der Waals surface area (Å²) in [7, 11) is -3.50. The lowest BCUT2D eigenvalue weighted by molar-refractivity contribution is 1.48. The van der Waals surface area contributed by atoms with Gasteiger partial charge in [0, 0.05) is 22.3 Å². The lowest BCUT2D eigenvalue weighted by Gasteiger charge is -2.26. The van der Waals surface area contributed by atoms with E-state index in [2.05, 4.69) is 110 Å². The van der Waals surface area contributed by atoms with Crippen molar-refractivity contribution in [3.05, 3.63) is 124 Å². The molecule has 6 aromatic rings. The Balaban J connectivity index is 1.68. The van der Waals surface area contributed by atoms with Crippen molar-refractivity contribution in [2.75, 3.05) is 0 Å². The van der Waals surface area contributed by atoms with Crippen molar-refractivity contribution in [2.24, 2.45) is 0 Å². The summed E-state index contributed by atoms with van der Waals surface area (Å²) in [5.41, 5.74) is 5.14. The molecule has 0 unspecified atom stereocenters. The third-order valence-corrected chi connectivity index (χ3v) is 12.3. The van der Waals surface area contributed by atoms with Crippen LogP contribution in [0.4, 0.5) is 5.69 Å². The molecule has 4 heteroatoms. The maximum absolute atomic E-state index is 9.20. The van der Waals surface area contributed by atoms with Gasteiger partial charge in [-0.1, -0.05) is 122 Å². The summed E-state index contributed by atoms with van der Waals surface area (Å²) in [6.45, 7) is 21.7. The second kappa shape index (κ2) is 10.9. The number of nitriles is 1. The van der Waals surface area contributed by atoms with Crippen molar-refractivity contribution in [3.8, 4) is 29.8 Å². The molecule has 0 aromatic heterocycles. The molecule has 0 bridgehead atoms. The molecule has 0 saturated heterocycles. The van der Waals surface area contributed by atoms with E-state index in [1.165, 1.54) is 42.7 Å². The zero-order valence-electron chi connectivity index (χ0n) is 26.0. The predicted octanol–water partition coefficient (Wildman–Crippen LogP) is 8.90. The Morgan fingerprint density at radius 2 is 0.909 bits per heavy atom. The van der Waals surface area contributed by atoms with Crippen molar-refractivity contribution >= 4 is 64.5 Å². The van der Waals surface area contributed by atoms with E-state index in [1.54, 1.807) is 0 Å². The Bertz CT molecular complexity index is 2130. The first-order valence-electron chi connectivity index (χ1n) is 14.8. The van der Waals surface area contributed by atoms with Crippen LogP contribution in [0.2, 0.25) is 39.3 Å². The van der Waals surface area contributed by atoms with Crippen LogP contribution in [-0.2, 0) is 0 Å². The van der Waals surface area contributed by atoms with Gasteiger partial charge in [-0.3, -0.25) is 0 Å². The van der Waals surface area contributed by atoms with Crippen molar-refractivity contribution in [2.45, 2.75) is 39.3 Å². The molecule has 0 atom stereocenters. The second-order valence-electron chi connectivity index (χ2n) is 13.4. The molecular formula is C40H32N2Si2. The molecule has 6 aromatic carbocycles. The summed E-state index contributed by atoms with van der Waals surface area (Å²) in [4.78, 5) is 3.51. The maximum atomic E-state index is 9.20. The van der Waals surface area contributed by atoms with E-state index in [4.69, 9.17) is 6.57 Å². The van der Waals surface area contributed by atoms with Crippen LogP contribution in [0.15, 0.2) is 84.9 Å². The summed E-state index contributed by atoms with van der Waals surface area (Å²) in [5, 5.41) is 19.6. The number of nitrogens with zero attached hydrogens (tertiary/aromatic N) is 2. The summed E-state index contributed by atoms with van der Waals surface area (Å²) >= 11 is 0. The molecule has 0 aliphatic carbocycles. The summed E-state index contributed by atoms with van der Waals surface area (Å²) in [6.07, 6.45) is 0. The van der Waals surface area contributed by atoms with Gasteiger partial charge in [0.25, 0.3) is 0 Å². The van der Waals surface area contributed by atoms with Crippen LogP contribution < -0.4 is 10.4 Å². The SMILES string of the molecule is [C-]#[N+]c1ccc(C#Cc2cc([Si](C)(C)C)c3ccc4c([Si](C)(C)C)cc(C#Cc5ccc(C#N)cc5)c5ccc2c3c54)cc1. The predicted molar refractivity (Wildman–Crippen MR) is 192 cm³/mol. The summed E-state index contributed by atoms with van der Waals surface area (Å²) in [5.74, 6) is 13.8. The Labute approximate surface area is 262 Å². The van der Waals surface area contributed by atoms with Gasteiger partial charge in [0.2, 0.25) is 0 Å². The van der Waals surface area contributed by atoms with Crippen LogP contribution in [0.5, 0.6) is 0 Å². The van der Waals surface area contributed by atoms with Crippen LogP contribution in [-0.4, -0.2) is 16.1 Å². The fourth-order valence-electron chi connectivity index (χ4n) is 5.97. The molecular weight excluding hydrogens is 565 g/mol. The highest BCUT2D eigenvalue weighted by molar-refractivity contribution is 6.91. The van der Waals surface area contributed by atoms with Crippen LogP contribution >= 0.6 is 0 Å². The fraction of sp³-hybridized carbons (Fsp3) is 0.150. The number of benzene rings is 6. The highest BCUT2D eigenvalue weighted by atomic mass is 28.3. The topological polar surface area (TPSA) is 28.1 Å². The van der Waals surface area contributed by atoms with Gasteiger partial charge < -0.3 is 0 Å². The Morgan fingerprint density at radius 1 is 0.523 bits per heavy atom. The van der Waals surface area contributed by atoms with Crippen LogP contribution in [0.25, 0.3) is 37.2 Å². The average Bonchev–Trinajstić information content (AvgIpc) is 3.01. The average molecular weight is 597 g/mol. The first-order valence-corrected chi connectivity index (χ1v) is 21.8. The van der Waals surface area contributed by atoms with Crippen molar-refractivity contribution in [3.63, 3.8) is 0 Å². The van der Waals surface area contributed by atoms with Gasteiger partial charge in [0.15, 0.2) is 5.69 Å². The van der Waals surface area contributed by atoms with Crippen molar-refractivity contribution < 1.29 is 0 Å². The molecule has 0 N–H and O–H groups in total. The highest BCUT2D eigenvalue weighted by Gasteiger charge is 2.26. The lowest BCUT2D eigenvalue weighted by atomic mass is 9.90. The molecule has 0 radical (unpaired) electrons. The van der Waals surface area contributed by atoms with Crippen LogP contribution in [0.1, 0.15) is 27.8 Å². The third-order valence-electron chi connectivity index (χ3n) is 8.21. The molecule has 0 amide bonds. The van der Waals surface area contributed by atoms with Crippen molar-refractivity contribution in [1.29, 1.82) is 5.26 Å². The van der Waals surface area contributed by atoms with E-state index in [1.807, 2.05) is 48.5 Å². The smallest absolute Gasteiger partial charge is 0.187 e. The standard InChI is InChI=1S/C40H32N2Si2/c1-42-32-18-14-28(15-19-32)13-17-31-25-38(44(5,6)7)36-23-22-35-37(43(2,3)4)24-30(33-20-21-34(31)40(36)39(33)35)16-12-27-8-10-29(26-41)11-9-27/h8-11,14-15,18-25H,2-7H3. The quantitative estimate of drug-likeness (QED) is 0.0849. The first kappa shape index (κ1) is 29.0. The molecule has 6 rings (SSSR count). The Kier molecular flexibility index (Phi) is 7.16. The van der Waals surface area contributed by atoms with Crippen LogP contribution in [0, 0.1) is 41.6 Å². The van der Waals surface area contributed by atoms with Gasteiger partial charge in [0.1, 0.15) is 0 Å². The number of rotatable bonds is 2. The van der Waals surface area contributed by atoms with Gasteiger partial charge in [0.05, 0.1) is 34.4 Å². The maximum Gasteiger partial charge on any atom is 0.187 e. The third kappa shape index (κ3) is 5.28. The summed E-state index contributed by atoms with van der Waals surface area (Å²) < 4.78 is 0. The molecule has 0 fully saturated rings. The molecule has 0 spiro atoms. The first-order chi connectivity index (χ1) is 21.0. The molecule has 2 nitrogen and oxygen atoms in total. The summed E-state index contributed by atoms with van der Waals surface area (Å²) in [6, 6.07) is 31.0. The molecule has 0 saturated carbocycles. The second-order valence-corrected chi connectivity index (χ2v) is 23.4. The zero-order chi connectivity index (χ0) is 31.2. The molecule has 44 heavy (non-hydrogen) atoms. The fourth-order valence-corrected chi connectivity index (χ4v) is 9.15. The van der Waals surface area contributed by atoms with Crippen LogP contribution in [0.3, 0.4) is 0 Å².